The van der Waals surface area contributed by atoms with E-state index in [1.54, 1.807) is 18.2 Å². The lowest BCUT2D eigenvalue weighted by Gasteiger charge is -2.26. The molecular formula is C13H17Cl2N3OS. The molecule has 0 aromatic heterocycles. The van der Waals surface area contributed by atoms with Crippen LogP contribution in [0.2, 0.25) is 10.0 Å². The summed E-state index contributed by atoms with van der Waals surface area (Å²) >= 11 is 17.2. The number of morpholine rings is 1. The second-order valence-corrected chi connectivity index (χ2v) is 5.71. The normalized spacial score (nSPS) is 15.9. The fourth-order valence-electron chi connectivity index (χ4n) is 1.91. The van der Waals surface area contributed by atoms with Crippen molar-refractivity contribution in [1.82, 2.24) is 10.2 Å². The zero-order valence-corrected chi connectivity index (χ0v) is 13.3. The summed E-state index contributed by atoms with van der Waals surface area (Å²) in [4.78, 5) is 2.34. The Labute approximate surface area is 134 Å². The topological polar surface area (TPSA) is 36.5 Å². The fraction of sp³-hybridized carbons (Fsp3) is 0.462. The quantitative estimate of drug-likeness (QED) is 0.828. The molecule has 110 valence electrons. The zero-order chi connectivity index (χ0) is 14.4. The Bertz CT molecular complexity index is 467. The van der Waals surface area contributed by atoms with Crippen LogP contribution < -0.4 is 10.6 Å². The van der Waals surface area contributed by atoms with Crippen LogP contribution in [0.25, 0.3) is 0 Å². The van der Waals surface area contributed by atoms with Crippen molar-refractivity contribution < 1.29 is 4.74 Å². The van der Waals surface area contributed by atoms with Gasteiger partial charge in [-0.05, 0) is 30.4 Å². The van der Waals surface area contributed by atoms with Crippen molar-refractivity contribution in [3.63, 3.8) is 0 Å². The van der Waals surface area contributed by atoms with Crippen molar-refractivity contribution in [2.24, 2.45) is 0 Å². The number of hydrogen-bond donors (Lipinski definition) is 2. The summed E-state index contributed by atoms with van der Waals surface area (Å²) in [5.41, 5.74) is 0.711. The molecule has 1 saturated heterocycles. The third-order valence-electron chi connectivity index (χ3n) is 2.99. The molecule has 1 aliphatic heterocycles. The van der Waals surface area contributed by atoms with Crippen molar-refractivity contribution >= 4 is 46.2 Å². The number of hydrogen-bond acceptors (Lipinski definition) is 3. The van der Waals surface area contributed by atoms with Crippen LogP contribution in [0, 0.1) is 0 Å². The molecule has 2 N–H and O–H groups in total. The van der Waals surface area contributed by atoms with Gasteiger partial charge in [-0.1, -0.05) is 23.2 Å². The first-order chi connectivity index (χ1) is 9.65. The van der Waals surface area contributed by atoms with E-state index in [0.29, 0.717) is 20.8 Å². The first-order valence-corrected chi connectivity index (χ1v) is 7.61. The summed E-state index contributed by atoms with van der Waals surface area (Å²) < 4.78 is 5.30. The Morgan fingerprint density at radius 1 is 1.30 bits per heavy atom. The molecule has 0 bridgehead atoms. The number of nitrogens with zero attached hydrogens (tertiary/aromatic N) is 1. The van der Waals surface area contributed by atoms with Gasteiger partial charge in [0.25, 0.3) is 0 Å². The maximum atomic E-state index is 6.07. The van der Waals surface area contributed by atoms with Crippen LogP contribution in [-0.2, 0) is 4.74 Å². The van der Waals surface area contributed by atoms with E-state index in [-0.39, 0.29) is 0 Å². The van der Waals surface area contributed by atoms with Gasteiger partial charge in [-0.2, -0.15) is 0 Å². The first-order valence-electron chi connectivity index (χ1n) is 6.45. The van der Waals surface area contributed by atoms with E-state index in [4.69, 9.17) is 40.2 Å². The third kappa shape index (κ3) is 5.07. The van der Waals surface area contributed by atoms with Gasteiger partial charge >= 0.3 is 0 Å². The van der Waals surface area contributed by atoms with Crippen molar-refractivity contribution in [2.45, 2.75) is 0 Å². The molecule has 0 unspecified atom stereocenters. The lowest BCUT2D eigenvalue weighted by Crippen LogP contribution is -2.42. The molecule has 20 heavy (non-hydrogen) atoms. The van der Waals surface area contributed by atoms with E-state index in [9.17, 15) is 0 Å². The van der Waals surface area contributed by atoms with Gasteiger partial charge in [0.15, 0.2) is 5.11 Å². The Kier molecular flexibility index (Phi) is 6.32. The monoisotopic (exact) mass is 333 g/mol. The average molecular weight is 334 g/mol. The predicted molar refractivity (Wildman–Crippen MR) is 87.9 cm³/mol. The molecule has 1 heterocycles. The molecule has 1 fully saturated rings. The number of thiocarbonyl (C=S) groups is 1. The van der Waals surface area contributed by atoms with Crippen LogP contribution in [0.3, 0.4) is 0 Å². The highest BCUT2D eigenvalue weighted by Crippen LogP contribution is 2.25. The van der Waals surface area contributed by atoms with Crippen LogP contribution in [0.4, 0.5) is 5.69 Å². The van der Waals surface area contributed by atoms with Crippen LogP contribution in [0.5, 0.6) is 0 Å². The Balaban J connectivity index is 1.73. The summed E-state index contributed by atoms with van der Waals surface area (Å²) in [5.74, 6) is 0. The molecule has 0 saturated carbocycles. The van der Waals surface area contributed by atoms with Gasteiger partial charge in [-0.3, -0.25) is 4.90 Å². The number of nitrogens with one attached hydrogen (secondary N) is 2. The second-order valence-electron chi connectivity index (χ2n) is 4.46. The van der Waals surface area contributed by atoms with Gasteiger partial charge in [0.1, 0.15) is 0 Å². The second kappa shape index (κ2) is 8.00. The third-order valence-corrected chi connectivity index (χ3v) is 3.80. The van der Waals surface area contributed by atoms with Crippen LogP contribution in [0.15, 0.2) is 18.2 Å². The number of anilines is 1. The molecule has 0 spiro atoms. The van der Waals surface area contributed by atoms with Gasteiger partial charge in [-0.15, -0.1) is 0 Å². The standard InChI is InChI=1S/C13H17Cl2N3OS/c14-10-1-2-11(15)12(9-10)17-13(20)16-3-4-18-5-7-19-8-6-18/h1-2,9H,3-8H2,(H2,16,17,20). The van der Waals surface area contributed by atoms with E-state index in [1.165, 1.54) is 0 Å². The number of ether oxygens (including phenoxy) is 1. The van der Waals surface area contributed by atoms with Gasteiger partial charge in [0, 0.05) is 31.2 Å². The summed E-state index contributed by atoms with van der Waals surface area (Å²) in [6, 6.07) is 5.23. The molecule has 1 aromatic carbocycles. The number of halogens is 2. The molecule has 0 atom stereocenters. The summed E-state index contributed by atoms with van der Waals surface area (Å²) in [6.45, 7) is 5.28. The Morgan fingerprint density at radius 3 is 2.80 bits per heavy atom. The van der Waals surface area contributed by atoms with E-state index in [0.717, 1.165) is 39.4 Å². The van der Waals surface area contributed by atoms with Crippen LogP contribution in [0.1, 0.15) is 0 Å². The molecule has 1 aliphatic rings. The molecule has 2 rings (SSSR count). The maximum Gasteiger partial charge on any atom is 0.170 e. The lowest BCUT2D eigenvalue weighted by molar-refractivity contribution is 0.0389. The molecule has 7 heteroatoms. The minimum atomic E-state index is 0.544. The van der Waals surface area contributed by atoms with Crippen molar-refractivity contribution in [3.05, 3.63) is 28.2 Å². The molecule has 4 nitrogen and oxygen atoms in total. The average Bonchev–Trinajstić information content (AvgIpc) is 2.44. The van der Waals surface area contributed by atoms with Gasteiger partial charge < -0.3 is 15.4 Å². The molecule has 0 amide bonds. The lowest BCUT2D eigenvalue weighted by atomic mass is 10.3. The molecular weight excluding hydrogens is 317 g/mol. The van der Waals surface area contributed by atoms with Crippen LogP contribution >= 0.6 is 35.4 Å². The SMILES string of the molecule is S=C(NCCN1CCOCC1)Nc1cc(Cl)ccc1Cl. The van der Waals surface area contributed by atoms with Gasteiger partial charge in [0.05, 0.1) is 23.9 Å². The van der Waals surface area contributed by atoms with E-state index >= 15 is 0 Å². The van der Waals surface area contributed by atoms with Crippen molar-refractivity contribution in [1.29, 1.82) is 0 Å². The summed E-state index contributed by atoms with van der Waals surface area (Å²) in [7, 11) is 0. The molecule has 1 aromatic rings. The Morgan fingerprint density at radius 2 is 2.05 bits per heavy atom. The van der Waals surface area contributed by atoms with Crippen molar-refractivity contribution in [2.75, 3.05) is 44.7 Å². The largest absolute Gasteiger partial charge is 0.379 e. The summed E-state index contributed by atoms with van der Waals surface area (Å²) in [5, 5.41) is 7.96. The highest BCUT2D eigenvalue weighted by Gasteiger charge is 2.09. The minimum Gasteiger partial charge on any atom is -0.379 e. The minimum absolute atomic E-state index is 0.544. The first kappa shape index (κ1) is 15.8. The fourth-order valence-corrected chi connectivity index (χ4v) is 2.46. The maximum absolute atomic E-state index is 6.07. The van der Waals surface area contributed by atoms with Gasteiger partial charge in [-0.25, -0.2) is 0 Å². The molecule has 0 radical (unpaired) electrons. The predicted octanol–water partition coefficient (Wildman–Crippen LogP) is 2.61. The highest BCUT2D eigenvalue weighted by atomic mass is 35.5. The smallest absolute Gasteiger partial charge is 0.170 e. The van der Waals surface area contributed by atoms with E-state index in [2.05, 4.69) is 15.5 Å². The van der Waals surface area contributed by atoms with Gasteiger partial charge in [0.2, 0.25) is 0 Å². The zero-order valence-electron chi connectivity index (χ0n) is 11.0. The van der Waals surface area contributed by atoms with Crippen molar-refractivity contribution in [3.8, 4) is 0 Å². The highest BCUT2D eigenvalue weighted by molar-refractivity contribution is 7.80. The Hall–Kier alpha value is -0.590. The summed E-state index contributed by atoms with van der Waals surface area (Å²) in [6.07, 6.45) is 0. The number of benzene rings is 1. The molecule has 0 aliphatic carbocycles. The van der Waals surface area contributed by atoms with Crippen LogP contribution in [-0.4, -0.2) is 49.4 Å². The number of rotatable bonds is 4. The van der Waals surface area contributed by atoms with E-state index < -0.39 is 0 Å². The van der Waals surface area contributed by atoms with E-state index in [1.807, 2.05) is 0 Å².